The number of hydrogen-bond acceptors (Lipinski definition) is 10. The van der Waals surface area contributed by atoms with Gasteiger partial charge >= 0.3 is 0 Å². The monoisotopic (exact) mass is 813 g/mol. The summed E-state index contributed by atoms with van der Waals surface area (Å²) in [4.78, 5) is 42.8. The Labute approximate surface area is 346 Å². The number of anilines is 4. The number of benzene rings is 4. The van der Waals surface area contributed by atoms with Gasteiger partial charge in [0.25, 0.3) is 0 Å². The predicted molar refractivity (Wildman–Crippen MR) is 246 cm³/mol. The third-order valence-corrected chi connectivity index (χ3v) is 21.3. The van der Waals surface area contributed by atoms with Crippen molar-refractivity contribution < 1.29 is 0 Å². The summed E-state index contributed by atoms with van der Waals surface area (Å²) < 4.78 is 0. The first-order chi connectivity index (χ1) is 29.0. The molecule has 0 unspecified atom stereocenters. The molecule has 59 heavy (non-hydrogen) atoms. The van der Waals surface area contributed by atoms with Crippen LogP contribution < -0.4 is 31.0 Å². The zero-order valence-electron chi connectivity index (χ0n) is 33.8. The van der Waals surface area contributed by atoms with E-state index in [-0.39, 0.29) is 0 Å². The molecule has 3 aliphatic rings. The lowest BCUT2D eigenvalue weighted by Gasteiger charge is -2.41. The van der Waals surface area contributed by atoms with Crippen LogP contribution in [0.2, 0.25) is 0 Å². The molecule has 0 bridgehead atoms. The van der Waals surface area contributed by atoms with Crippen LogP contribution in [0.4, 0.5) is 22.7 Å². The maximum atomic E-state index is 4.89. The predicted octanol–water partition coefficient (Wildman–Crippen LogP) is 9.00. The average molecular weight is 814 g/mol. The lowest BCUT2D eigenvalue weighted by molar-refractivity contribution is 0.511. The van der Waals surface area contributed by atoms with E-state index in [9.17, 15) is 0 Å². The van der Waals surface area contributed by atoms with Crippen molar-refractivity contribution in [3.8, 4) is 0 Å². The Morgan fingerprint density at radius 1 is 0.475 bits per heavy atom. The summed E-state index contributed by atoms with van der Waals surface area (Å²) in [6, 6.07) is 19.1. The average Bonchev–Trinajstić information content (AvgIpc) is 3.30. The second kappa shape index (κ2) is 14.8. The molecule has 0 radical (unpaired) electrons. The highest BCUT2D eigenvalue weighted by Crippen LogP contribution is 2.65. The highest BCUT2D eigenvalue weighted by Gasteiger charge is 2.51. The van der Waals surface area contributed by atoms with E-state index in [0.717, 1.165) is 43.6 Å². The molecular weight excluding hydrogens is 767 g/mol. The highest BCUT2D eigenvalue weighted by molar-refractivity contribution is 7.90. The Bertz CT molecular complexity index is 2730. The normalized spacial score (nSPS) is 20.5. The van der Waals surface area contributed by atoms with Gasteiger partial charge in [0.05, 0.1) is 64.4 Å². The standard InChI is InChI=1S/C47H47N10P2/c1-56-40-18-36-30(22-48-26-52-36)14-44(40)58(34-10-6-4-7-11-34)45-15-31-23-49-27-53-37(31)19-41(45)57(2)43-21-39-33(25-51-29-55-39)17-47(43)59(3,35-12-8-5-9-13-35)46-16-32-24-50-28-54-38(32)20-42(46)56/h14-29,34-35H,4-13H2,1-3H3/q+1. The SMILES string of the molecule is CN1c2cc3ncncc3cc2P(C2CCCCC2)c2cc3cncnc3cc2N(C)c2cc3ncncc3cc2[P+](C)(C2CCCCC2)c2cc3cncnc3cc21. The fraction of sp³-hybridized carbons (Fsp3) is 0.319. The van der Waals surface area contributed by atoms with Crippen LogP contribution in [0.1, 0.15) is 64.2 Å². The van der Waals surface area contributed by atoms with Crippen molar-refractivity contribution in [2.75, 3.05) is 30.6 Å². The molecule has 8 aromatic rings. The molecule has 12 heteroatoms. The maximum Gasteiger partial charge on any atom is 0.124 e. The molecule has 0 saturated heterocycles. The Balaban J connectivity index is 1.33. The first-order valence-electron chi connectivity index (χ1n) is 21.0. The Kier molecular flexibility index (Phi) is 9.19. The molecule has 11 rings (SSSR count). The molecule has 0 atom stereocenters. The fourth-order valence-electron chi connectivity index (χ4n) is 10.5. The van der Waals surface area contributed by atoms with Gasteiger partial charge in [0.15, 0.2) is 0 Å². The van der Waals surface area contributed by atoms with Crippen LogP contribution >= 0.6 is 15.2 Å². The Morgan fingerprint density at radius 2 is 0.847 bits per heavy atom. The maximum absolute atomic E-state index is 4.89. The smallest absolute Gasteiger partial charge is 0.124 e. The second-order valence-corrected chi connectivity index (χ2v) is 23.1. The van der Waals surface area contributed by atoms with Crippen molar-refractivity contribution in [3.63, 3.8) is 0 Å². The highest BCUT2D eigenvalue weighted by atomic mass is 31.2. The minimum absolute atomic E-state index is 0.481. The molecule has 10 nitrogen and oxygen atoms in total. The third kappa shape index (κ3) is 6.13. The second-order valence-electron chi connectivity index (χ2n) is 16.8. The van der Waals surface area contributed by atoms with Gasteiger partial charge in [-0.2, -0.15) is 0 Å². The summed E-state index contributed by atoms with van der Waals surface area (Å²) in [5, 5.41) is 9.78. The van der Waals surface area contributed by atoms with Crippen LogP contribution in [0.25, 0.3) is 43.6 Å². The third-order valence-electron chi connectivity index (χ3n) is 13.6. The molecule has 0 spiro atoms. The van der Waals surface area contributed by atoms with Gasteiger partial charge in [0, 0.05) is 71.0 Å². The van der Waals surface area contributed by atoms with Gasteiger partial charge < -0.3 is 9.80 Å². The van der Waals surface area contributed by atoms with E-state index in [0.29, 0.717) is 11.3 Å². The summed E-state index contributed by atoms with van der Waals surface area (Å²) in [6.07, 6.45) is 26.9. The van der Waals surface area contributed by atoms with Crippen LogP contribution in [0, 0.1) is 0 Å². The van der Waals surface area contributed by atoms with Crippen molar-refractivity contribution in [1.82, 2.24) is 39.9 Å². The van der Waals surface area contributed by atoms with Gasteiger partial charge in [-0.25, -0.2) is 39.9 Å². The molecule has 0 N–H and O–H groups in total. The molecule has 2 aliphatic carbocycles. The van der Waals surface area contributed by atoms with Crippen molar-refractivity contribution in [1.29, 1.82) is 0 Å². The minimum atomic E-state index is -2.26. The Morgan fingerprint density at radius 3 is 1.27 bits per heavy atom. The number of nitrogens with zero attached hydrogens (tertiary/aromatic N) is 10. The van der Waals surface area contributed by atoms with Gasteiger partial charge in [-0.15, -0.1) is 0 Å². The largest absolute Gasteiger partial charge is 0.341 e. The van der Waals surface area contributed by atoms with Gasteiger partial charge in [-0.05, 0) is 101 Å². The topological polar surface area (TPSA) is 110 Å². The van der Waals surface area contributed by atoms with E-state index < -0.39 is 15.2 Å². The van der Waals surface area contributed by atoms with Crippen LogP contribution in [-0.4, -0.2) is 71.9 Å². The van der Waals surface area contributed by atoms with Crippen LogP contribution in [-0.2, 0) is 0 Å². The minimum Gasteiger partial charge on any atom is -0.341 e. The molecule has 1 aliphatic heterocycles. The van der Waals surface area contributed by atoms with E-state index in [4.69, 9.17) is 19.9 Å². The van der Waals surface area contributed by atoms with E-state index in [1.165, 1.54) is 108 Å². The summed E-state index contributed by atoms with van der Waals surface area (Å²) in [6.45, 7) is 2.62. The summed E-state index contributed by atoms with van der Waals surface area (Å²) >= 11 is 0. The van der Waals surface area contributed by atoms with Crippen LogP contribution in [0.5, 0.6) is 0 Å². The summed E-state index contributed by atoms with van der Waals surface area (Å²) in [5.41, 5.74) is 9.58. The van der Waals surface area contributed by atoms with Gasteiger partial charge in [-0.1, -0.05) is 25.7 Å². The molecule has 2 saturated carbocycles. The van der Waals surface area contributed by atoms with Crippen molar-refractivity contribution in [2.45, 2.75) is 75.5 Å². The van der Waals surface area contributed by atoms with E-state index >= 15 is 0 Å². The lowest BCUT2D eigenvalue weighted by atomic mass is 10.0. The summed E-state index contributed by atoms with van der Waals surface area (Å²) in [5.74, 6) is 0. The number of fused-ring (bicyclic) bond motifs is 8. The zero-order valence-corrected chi connectivity index (χ0v) is 35.6. The van der Waals surface area contributed by atoms with Gasteiger partial charge in [0.1, 0.15) is 35.9 Å². The molecule has 0 amide bonds. The Hall–Kier alpha value is -5.30. The molecule has 294 valence electrons. The number of aromatic nitrogens is 8. The van der Waals surface area contributed by atoms with E-state index in [1.54, 1.807) is 25.3 Å². The quantitative estimate of drug-likeness (QED) is 0.157. The van der Waals surface area contributed by atoms with Gasteiger partial charge in [-0.3, -0.25) is 0 Å². The number of rotatable bonds is 2. The molecule has 4 aromatic carbocycles. The van der Waals surface area contributed by atoms with Crippen LogP contribution in [0.15, 0.2) is 98.6 Å². The van der Waals surface area contributed by atoms with Gasteiger partial charge in [0.2, 0.25) is 0 Å². The van der Waals surface area contributed by atoms with Crippen molar-refractivity contribution in [2.24, 2.45) is 0 Å². The molecule has 5 heterocycles. The summed E-state index contributed by atoms with van der Waals surface area (Å²) in [7, 11) is 1.39. The zero-order chi connectivity index (χ0) is 39.7. The first-order valence-corrected chi connectivity index (χ1v) is 24.8. The molecular formula is C47H47N10P2+. The number of hydrogen-bond donors (Lipinski definition) is 0. The molecule has 2 fully saturated rings. The fourth-order valence-corrected chi connectivity index (χ4v) is 18.5. The molecule has 4 aromatic heterocycles. The van der Waals surface area contributed by atoms with E-state index in [1.807, 2.05) is 24.8 Å². The van der Waals surface area contributed by atoms with E-state index in [2.05, 4.69) is 99.0 Å². The van der Waals surface area contributed by atoms with Crippen LogP contribution in [0.3, 0.4) is 0 Å². The first kappa shape index (κ1) is 36.8. The lowest BCUT2D eigenvalue weighted by Crippen LogP contribution is -2.39. The van der Waals surface area contributed by atoms with Crippen molar-refractivity contribution in [3.05, 3.63) is 98.6 Å². The van der Waals surface area contributed by atoms with Crippen molar-refractivity contribution >= 4 is 103 Å².